The number of benzene rings is 10. The van der Waals surface area contributed by atoms with E-state index in [0.29, 0.717) is 11.5 Å². The molecule has 10 aromatic carbocycles. The largest absolute Gasteiger partial charge is 0.323 e. The molecule has 0 amide bonds. The summed E-state index contributed by atoms with van der Waals surface area (Å²) in [5.74, 6) is 2.34. The fourth-order valence-electron chi connectivity index (χ4n) is 14.3. The predicted octanol–water partition coefficient (Wildman–Crippen LogP) is 15.5. The Balaban J connectivity index is 0.830. The lowest BCUT2D eigenvalue weighted by Gasteiger charge is -2.56. The lowest BCUT2D eigenvalue weighted by atomic mass is 9.80. The molecule has 5 heterocycles. The average Bonchev–Trinajstić information content (AvgIpc) is 4.12. The van der Waals surface area contributed by atoms with Crippen LogP contribution in [-0.4, -0.2) is 33.2 Å². The molecule has 0 radical (unpaired) electrons. The fourth-order valence-corrected chi connectivity index (χ4v) is 20.4. The second kappa shape index (κ2) is 17.0. The van der Waals surface area contributed by atoms with E-state index in [2.05, 4.69) is 269 Å². The second-order valence-electron chi connectivity index (χ2n) is 21.2. The van der Waals surface area contributed by atoms with E-state index in [4.69, 9.17) is 9.97 Å². The van der Waals surface area contributed by atoms with Gasteiger partial charge in [-0.25, -0.2) is 9.97 Å². The van der Waals surface area contributed by atoms with E-state index in [0.717, 1.165) is 64.0 Å². The average molecular weight is 990 g/mol. The van der Waals surface area contributed by atoms with Crippen molar-refractivity contribution in [3.8, 4) is 11.5 Å². The maximum Gasteiger partial charge on any atom is 0.155 e. The minimum atomic E-state index is -2.72. The number of pyridine rings is 2. The topological polar surface area (TPSA) is 38.9 Å². The van der Waals surface area contributed by atoms with Crippen LogP contribution >= 0.6 is 0 Å². The molecule has 14 aromatic rings. The summed E-state index contributed by atoms with van der Waals surface area (Å²) in [4.78, 5) is 13.3. The molecule has 6 heteroatoms. The zero-order valence-electron chi connectivity index (χ0n) is 41.8. The van der Waals surface area contributed by atoms with Gasteiger partial charge in [0.25, 0.3) is 0 Å². The van der Waals surface area contributed by atoms with Gasteiger partial charge in [0.05, 0.1) is 33.1 Å². The number of hydrogen-bond donors (Lipinski definition) is 0. The molecule has 360 valence electrons. The second-order valence-corrected chi connectivity index (χ2v) is 25.2. The predicted molar refractivity (Wildman–Crippen MR) is 320 cm³/mol. The lowest BCUT2D eigenvalue weighted by molar-refractivity contribution is 0.383. The monoisotopic (exact) mass is 989 g/mol. The summed E-state index contributed by atoms with van der Waals surface area (Å²) in [6, 6.07) is 95.5. The SMILES string of the molecule is c1ccc([Si]2(c3ccccc3)c3ccccc3N(c3ccc4ccccc4n3)C3CCC(c4ccc5c(c4)c4ccccc4n5-c4ccc5c(ccc6c5c5ccccc5n6-c5ccc6ccccc6n5)c4)CC32)cc1. The summed E-state index contributed by atoms with van der Waals surface area (Å²) in [6.07, 6.45) is 3.24. The smallest absolute Gasteiger partial charge is 0.155 e. The van der Waals surface area contributed by atoms with E-state index in [9.17, 15) is 0 Å². The molecule has 5 nitrogen and oxygen atoms in total. The Morgan fingerprint density at radius 2 is 0.987 bits per heavy atom. The van der Waals surface area contributed by atoms with Crippen molar-refractivity contribution in [2.24, 2.45) is 0 Å². The Morgan fingerprint density at radius 1 is 0.395 bits per heavy atom. The highest BCUT2D eigenvalue weighted by Crippen LogP contribution is 2.52. The third-order valence-electron chi connectivity index (χ3n) is 17.5. The van der Waals surface area contributed by atoms with Crippen molar-refractivity contribution >= 4 is 111 Å². The van der Waals surface area contributed by atoms with Crippen LogP contribution in [0, 0.1) is 0 Å². The van der Waals surface area contributed by atoms with Crippen LogP contribution in [0.25, 0.3) is 87.7 Å². The van der Waals surface area contributed by atoms with Gasteiger partial charge in [-0.2, -0.15) is 0 Å². The first kappa shape index (κ1) is 43.3. The Labute approximate surface area is 441 Å². The number of fused-ring (bicyclic) bond motifs is 12. The molecule has 1 aliphatic heterocycles. The highest BCUT2D eigenvalue weighted by atomic mass is 28.3. The lowest BCUT2D eigenvalue weighted by Crippen LogP contribution is -2.76. The van der Waals surface area contributed by atoms with E-state index < -0.39 is 8.07 Å². The van der Waals surface area contributed by atoms with Gasteiger partial charge in [0.2, 0.25) is 0 Å². The van der Waals surface area contributed by atoms with Crippen molar-refractivity contribution < 1.29 is 0 Å². The van der Waals surface area contributed by atoms with Crippen LogP contribution in [0.5, 0.6) is 0 Å². The minimum absolute atomic E-state index is 0.263. The van der Waals surface area contributed by atoms with Crippen LogP contribution in [0.1, 0.15) is 30.7 Å². The van der Waals surface area contributed by atoms with Gasteiger partial charge in [0.15, 0.2) is 8.07 Å². The van der Waals surface area contributed by atoms with Gasteiger partial charge in [-0.05, 0) is 148 Å². The first-order valence-corrected chi connectivity index (χ1v) is 29.0. The Bertz CT molecular complexity index is 4580. The van der Waals surface area contributed by atoms with Gasteiger partial charge in [0, 0.05) is 49.7 Å². The molecule has 2 aliphatic rings. The van der Waals surface area contributed by atoms with Gasteiger partial charge in [-0.15, -0.1) is 0 Å². The van der Waals surface area contributed by atoms with Gasteiger partial charge in [0.1, 0.15) is 11.6 Å². The number of para-hydroxylation sites is 5. The molecule has 0 saturated heterocycles. The van der Waals surface area contributed by atoms with Gasteiger partial charge < -0.3 is 9.47 Å². The molecule has 76 heavy (non-hydrogen) atoms. The van der Waals surface area contributed by atoms with Crippen LogP contribution in [0.15, 0.2) is 255 Å². The standard InChI is InChI=1S/C70H51N5Si/c1-3-19-52(20-4-1)76(53-21-5-2-6-22-53)66-30-16-15-29-63(66)75(69-42-35-47-18-8-12-26-59(47)72-69)64-39-32-49(45-67(64)76)48-31-38-62-57(44-48)55-23-9-13-27-60(55)73(62)51-36-37-54-50(43-51)33-40-65-70(54)56-24-10-14-28-61(56)74(65)68-41-34-46-17-7-11-25-58(46)71-68/h1-31,33-38,40-44,49,64,67H,32,39,45H2. The van der Waals surface area contributed by atoms with Crippen molar-refractivity contribution in [1.29, 1.82) is 0 Å². The molecular formula is C70H51N5Si. The van der Waals surface area contributed by atoms with Gasteiger partial charge in [-0.1, -0.05) is 170 Å². The Hall–Kier alpha value is -9.10. The quantitative estimate of drug-likeness (QED) is 0.156. The third-order valence-corrected chi connectivity index (χ3v) is 22.9. The molecule has 3 unspecified atom stereocenters. The van der Waals surface area contributed by atoms with Crippen molar-refractivity contribution in [3.05, 3.63) is 260 Å². The summed E-state index contributed by atoms with van der Waals surface area (Å²) in [5, 5.41) is 14.3. The molecule has 4 aromatic heterocycles. The Morgan fingerprint density at radius 3 is 1.75 bits per heavy atom. The van der Waals surface area contributed by atoms with Crippen LogP contribution in [0.3, 0.4) is 0 Å². The van der Waals surface area contributed by atoms with Crippen molar-refractivity contribution in [1.82, 2.24) is 19.1 Å². The molecule has 1 saturated carbocycles. The van der Waals surface area contributed by atoms with E-state index in [-0.39, 0.29) is 6.04 Å². The van der Waals surface area contributed by atoms with Crippen LogP contribution in [-0.2, 0) is 0 Å². The Kier molecular flexibility index (Phi) is 9.67. The van der Waals surface area contributed by atoms with Crippen molar-refractivity contribution in [3.63, 3.8) is 0 Å². The molecule has 1 aliphatic carbocycles. The van der Waals surface area contributed by atoms with E-state index in [1.165, 1.54) is 75.5 Å². The number of hydrogen-bond acceptors (Lipinski definition) is 3. The molecule has 0 bridgehead atoms. The normalized spacial score (nSPS) is 17.3. The summed E-state index contributed by atoms with van der Waals surface area (Å²) < 4.78 is 4.82. The zero-order valence-corrected chi connectivity index (χ0v) is 42.8. The highest BCUT2D eigenvalue weighted by molar-refractivity contribution is 7.13. The number of aromatic nitrogens is 4. The van der Waals surface area contributed by atoms with Crippen molar-refractivity contribution in [2.45, 2.75) is 36.8 Å². The fraction of sp³-hybridized carbons (Fsp3) is 0.0857. The molecular weight excluding hydrogens is 939 g/mol. The number of nitrogens with zero attached hydrogens (tertiary/aromatic N) is 5. The van der Waals surface area contributed by atoms with Gasteiger partial charge >= 0.3 is 0 Å². The summed E-state index contributed by atoms with van der Waals surface area (Å²) >= 11 is 0. The van der Waals surface area contributed by atoms with E-state index in [1.807, 2.05) is 0 Å². The van der Waals surface area contributed by atoms with E-state index in [1.54, 1.807) is 0 Å². The minimum Gasteiger partial charge on any atom is -0.323 e. The van der Waals surface area contributed by atoms with Crippen molar-refractivity contribution in [2.75, 3.05) is 4.90 Å². The van der Waals surface area contributed by atoms with E-state index >= 15 is 0 Å². The molecule has 1 fully saturated rings. The number of rotatable bonds is 6. The maximum absolute atomic E-state index is 5.45. The molecule has 0 spiro atoms. The van der Waals surface area contributed by atoms with Crippen LogP contribution in [0.2, 0.25) is 5.54 Å². The first-order chi connectivity index (χ1) is 37.7. The molecule has 0 N–H and O–H groups in total. The third kappa shape index (κ3) is 6.37. The molecule has 16 rings (SSSR count). The summed E-state index contributed by atoms with van der Waals surface area (Å²) in [5.41, 5.74) is 11.1. The molecule has 3 atom stereocenters. The zero-order chi connectivity index (χ0) is 49.9. The van der Waals surface area contributed by atoms with Crippen LogP contribution < -0.4 is 20.5 Å². The highest BCUT2D eigenvalue weighted by Gasteiger charge is 2.57. The van der Waals surface area contributed by atoms with Crippen LogP contribution in [0.4, 0.5) is 11.5 Å². The van der Waals surface area contributed by atoms with Gasteiger partial charge in [-0.3, -0.25) is 4.57 Å². The summed E-state index contributed by atoms with van der Waals surface area (Å²) in [6.45, 7) is 0. The number of anilines is 2. The summed E-state index contributed by atoms with van der Waals surface area (Å²) in [7, 11) is -2.72. The first-order valence-electron chi connectivity index (χ1n) is 26.9. The maximum atomic E-state index is 5.45.